The van der Waals surface area contributed by atoms with Crippen molar-refractivity contribution in [3.63, 3.8) is 0 Å². The second-order valence-electron chi connectivity index (χ2n) is 7.22. The smallest absolute Gasteiger partial charge is 0.251 e. The summed E-state index contributed by atoms with van der Waals surface area (Å²) in [6, 6.07) is 19.6. The van der Waals surface area contributed by atoms with Crippen molar-refractivity contribution < 1.29 is 9.59 Å². The van der Waals surface area contributed by atoms with E-state index >= 15 is 0 Å². The van der Waals surface area contributed by atoms with Crippen LogP contribution in [0.15, 0.2) is 60.7 Å². The molecule has 1 fully saturated rings. The highest BCUT2D eigenvalue weighted by molar-refractivity contribution is 5.94. The summed E-state index contributed by atoms with van der Waals surface area (Å²) < 4.78 is 0. The Balaban J connectivity index is 1.36. The van der Waals surface area contributed by atoms with E-state index in [2.05, 4.69) is 34.5 Å². The van der Waals surface area contributed by atoms with Gasteiger partial charge in [0.25, 0.3) is 5.91 Å². The van der Waals surface area contributed by atoms with Gasteiger partial charge in [-0.25, -0.2) is 0 Å². The van der Waals surface area contributed by atoms with E-state index in [4.69, 9.17) is 0 Å². The number of hydrogen-bond acceptors (Lipinski definition) is 3. The maximum Gasteiger partial charge on any atom is 0.251 e. The number of carbonyl (C=O) groups is 2. The van der Waals surface area contributed by atoms with Crippen LogP contribution in [0.3, 0.4) is 0 Å². The average molecular weight is 380 g/mol. The van der Waals surface area contributed by atoms with Crippen LogP contribution in [0.1, 0.15) is 35.2 Å². The lowest BCUT2D eigenvalue weighted by Gasteiger charge is -2.22. The molecule has 1 N–H and O–H groups in total. The standard InChI is InChI=1S/C23H29N3O2/c27-22(13-7-14-24-23(28)21-11-5-2-6-12-21)26-16-8-15-25(17-18-26)19-20-9-3-1-4-10-20/h1-6,9-12H,7-8,13-19H2,(H,24,28). The van der Waals surface area contributed by atoms with Gasteiger partial charge in [-0.05, 0) is 30.5 Å². The molecule has 0 spiro atoms. The molecule has 148 valence electrons. The zero-order valence-corrected chi connectivity index (χ0v) is 16.3. The maximum atomic E-state index is 12.5. The van der Waals surface area contributed by atoms with Crippen molar-refractivity contribution in [3.05, 3.63) is 71.8 Å². The molecule has 5 nitrogen and oxygen atoms in total. The minimum Gasteiger partial charge on any atom is -0.352 e. The second-order valence-corrected chi connectivity index (χ2v) is 7.22. The molecule has 5 heteroatoms. The second kappa shape index (κ2) is 10.6. The molecule has 1 aliphatic heterocycles. The van der Waals surface area contributed by atoms with Crippen molar-refractivity contribution >= 4 is 11.8 Å². The third-order valence-electron chi connectivity index (χ3n) is 5.08. The first kappa shape index (κ1) is 20.1. The zero-order chi connectivity index (χ0) is 19.6. The molecule has 0 aromatic heterocycles. The van der Waals surface area contributed by atoms with Crippen molar-refractivity contribution in [3.8, 4) is 0 Å². The van der Waals surface area contributed by atoms with Gasteiger partial charge in [-0.1, -0.05) is 48.5 Å². The van der Waals surface area contributed by atoms with Crippen LogP contribution in [-0.2, 0) is 11.3 Å². The van der Waals surface area contributed by atoms with Crippen LogP contribution < -0.4 is 5.32 Å². The van der Waals surface area contributed by atoms with E-state index < -0.39 is 0 Å². The Bertz CT molecular complexity index is 749. The molecule has 0 atom stereocenters. The molecule has 1 aliphatic rings. The number of amides is 2. The van der Waals surface area contributed by atoms with Crippen LogP contribution in [0.5, 0.6) is 0 Å². The van der Waals surface area contributed by atoms with Gasteiger partial charge in [-0.15, -0.1) is 0 Å². The Morgan fingerprint density at radius 1 is 0.857 bits per heavy atom. The van der Waals surface area contributed by atoms with E-state index in [1.165, 1.54) is 5.56 Å². The third-order valence-corrected chi connectivity index (χ3v) is 5.08. The highest BCUT2D eigenvalue weighted by Gasteiger charge is 2.19. The molecule has 2 amide bonds. The van der Waals surface area contributed by atoms with Crippen LogP contribution >= 0.6 is 0 Å². The normalized spacial score (nSPS) is 15.1. The minimum atomic E-state index is -0.0839. The lowest BCUT2D eigenvalue weighted by Crippen LogP contribution is -2.35. The van der Waals surface area contributed by atoms with E-state index in [1.54, 1.807) is 12.1 Å². The molecule has 28 heavy (non-hydrogen) atoms. The average Bonchev–Trinajstić information content (AvgIpc) is 2.98. The Morgan fingerprint density at radius 2 is 1.57 bits per heavy atom. The van der Waals surface area contributed by atoms with Crippen LogP contribution in [-0.4, -0.2) is 54.3 Å². The zero-order valence-electron chi connectivity index (χ0n) is 16.3. The summed E-state index contributed by atoms with van der Waals surface area (Å²) in [7, 11) is 0. The van der Waals surface area contributed by atoms with Gasteiger partial charge in [-0.2, -0.15) is 0 Å². The molecule has 0 radical (unpaired) electrons. The Hall–Kier alpha value is -2.66. The van der Waals surface area contributed by atoms with E-state index in [0.717, 1.165) is 39.1 Å². The van der Waals surface area contributed by atoms with Gasteiger partial charge < -0.3 is 10.2 Å². The van der Waals surface area contributed by atoms with Gasteiger partial charge in [0.2, 0.25) is 5.91 Å². The first-order chi connectivity index (χ1) is 13.7. The Kier molecular flexibility index (Phi) is 7.62. The van der Waals surface area contributed by atoms with E-state index in [1.807, 2.05) is 29.2 Å². The van der Waals surface area contributed by atoms with Crippen molar-refractivity contribution in [2.24, 2.45) is 0 Å². The summed E-state index contributed by atoms with van der Waals surface area (Å²) in [6.07, 6.45) is 2.15. The predicted octanol–water partition coefficient (Wildman–Crippen LogP) is 2.93. The van der Waals surface area contributed by atoms with Crippen LogP contribution in [0.4, 0.5) is 0 Å². The van der Waals surface area contributed by atoms with Gasteiger partial charge >= 0.3 is 0 Å². The summed E-state index contributed by atoms with van der Waals surface area (Å²) in [5.41, 5.74) is 1.97. The van der Waals surface area contributed by atoms with Crippen molar-refractivity contribution in [2.75, 3.05) is 32.7 Å². The van der Waals surface area contributed by atoms with Gasteiger partial charge in [0.15, 0.2) is 0 Å². The highest BCUT2D eigenvalue weighted by atomic mass is 16.2. The molecule has 3 rings (SSSR count). The first-order valence-electron chi connectivity index (χ1n) is 10.1. The monoisotopic (exact) mass is 379 g/mol. The fraction of sp³-hybridized carbons (Fsp3) is 0.391. The number of rotatable bonds is 7. The third kappa shape index (κ3) is 6.20. The predicted molar refractivity (Wildman–Crippen MR) is 111 cm³/mol. The SMILES string of the molecule is O=C(NCCCC(=O)N1CCCN(Cc2ccccc2)CC1)c1ccccc1. The molecular formula is C23H29N3O2. The van der Waals surface area contributed by atoms with E-state index in [0.29, 0.717) is 24.9 Å². The van der Waals surface area contributed by atoms with Gasteiger partial charge in [0.1, 0.15) is 0 Å². The topological polar surface area (TPSA) is 52.7 Å². The van der Waals surface area contributed by atoms with Gasteiger partial charge in [0, 0.05) is 51.3 Å². The molecule has 2 aromatic carbocycles. The number of benzene rings is 2. The summed E-state index contributed by atoms with van der Waals surface area (Å²) in [6.45, 7) is 4.99. The molecule has 0 aliphatic carbocycles. The maximum absolute atomic E-state index is 12.5. The molecule has 1 heterocycles. The molecule has 0 bridgehead atoms. The Morgan fingerprint density at radius 3 is 2.32 bits per heavy atom. The molecule has 0 unspecified atom stereocenters. The summed E-state index contributed by atoms with van der Waals surface area (Å²) in [5, 5.41) is 2.89. The summed E-state index contributed by atoms with van der Waals surface area (Å²) >= 11 is 0. The lowest BCUT2D eigenvalue weighted by molar-refractivity contribution is -0.131. The molecule has 0 saturated carbocycles. The number of nitrogens with zero attached hydrogens (tertiary/aromatic N) is 2. The Labute approximate surface area is 167 Å². The quantitative estimate of drug-likeness (QED) is 0.753. The van der Waals surface area contributed by atoms with Gasteiger partial charge in [-0.3, -0.25) is 14.5 Å². The molecule has 1 saturated heterocycles. The van der Waals surface area contributed by atoms with Crippen LogP contribution in [0, 0.1) is 0 Å². The lowest BCUT2D eigenvalue weighted by atomic mass is 10.2. The fourth-order valence-corrected chi connectivity index (χ4v) is 3.51. The highest BCUT2D eigenvalue weighted by Crippen LogP contribution is 2.10. The first-order valence-corrected chi connectivity index (χ1v) is 10.1. The molecular weight excluding hydrogens is 350 g/mol. The number of hydrogen-bond donors (Lipinski definition) is 1. The molecule has 2 aromatic rings. The number of carbonyl (C=O) groups excluding carboxylic acids is 2. The van der Waals surface area contributed by atoms with Crippen molar-refractivity contribution in [1.29, 1.82) is 0 Å². The van der Waals surface area contributed by atoms with Gasteiger partial charge in [0.05, 0.1) is 0 Å². The summed E-state index contributed by atoms with van der Waals surface area (Å²) in [5.74, 6) is 0.106. The number of nitrogens with one attached hydrogen (secondary N) is 1. The summed E-state index contributed by atoms with van der Waals surface area (Å²) in [4.78, 5) is 28.9. The van der Waals surface area contributed by atoms with E-state index in [9.17, 15) is 9.59 Å². The fourth-order valence-electron chi connectivity index (χ4n) is 3.51. The van der Waals surface area contributed by atoms with Crippen molar-refractivity contribution in [2.45, 2.75) is 25.8 Å². The van der Waals surface area contributed by atoms with Crippen molar-refractivity contribution in [1.82, 2.24) is 15.1 Å². The van der Waals surface area contributed by atoms with Crippen LogP contribution in [0.25, 0.3) is 0 Å². The van der Waals surface area contributed by atoms with Crippen LogP contribution in [0.2, 0.25) is 0 Å². The minimum absolute atomic E-state index is 0.0839. The largest absolute Gasteiger partial charge is 0.352 e. The van der Waals surface area contributed by atoms with E-state index in [-0.39, 0.29) is 11.8 Å².